The predicted octanol–water partition coefficient (Wildman–Crippen LogP) is 5.00. The Morgan fingerprint density at radius 3 is 2.80 bits per heavy atom. The van der Waals surface area contributed by atoms with E-state index in [9.17, 15) is 13.6 Å². The third-order valence-electron chi connectivity index (χ3n) is 3.74. The van der Waals surface area contributed by atoms with Crippen LogP contribution in [-0.2, 0) is 12.4 Å². The van der Waals surface area contributed by atoms with Crippen molar-refractivity contribution in [1.82, 2.24) is 9.55 Å². The molecule has 4 nitrogen and oxygen atoms in total. The van der Waals surface area contributed by atoms with Crippen LogP contribution in [0.5, 0.6) is 5.75 Å². The highest BCUT2D eigenvalue weighted by Gasteiger charge is 2.17. The van der Waals surface area contributed by atoms with Crippen LogP contribution in [0.2, 0.25) is 0 Å². The molecular formula is C17H12BrClF2N2O2. The fourth-order valence-electron chi connectivity index (χ4n) is 2.65. The summed E-state index contributed by atoms with van der Waals surface area (Å²) in [5, 5.41) is 0. The average Bonchev–Trinajstić information content (AvgIpc) is 2.93. The van der Waals surface area contributed by atoms with Gasteiger partial charge in [-0.2, -0.15) is 8.78 Å². The summed E-state index contributed by atoms with van der Waals surface area (Å²) in [4.78, 5) is 15.8. The van der Waals surface area contributed by atoms with Crippen molar-refractivity contribution in [3.63, 3.8) is 0 Å². The van der Waals surface area contributed by atoms with Gasteiger partial charge in [0, 0.05) is 15.6 Å². The van der Waals surface area contributed by atoms with E-state index in [0.717, 1.165) is 15.5 Å². The van der Waals surface area contributed by atoms with Gasteiger partial charge in [0.1, 0.15) is 11.6 Å². The average molecular weight is 430 g/mol. The summed E-state index contributed by atoms with van der Waals surface area (Å²) >= 11 is 9.40. The molecule has 0 aliphatic heterocycles. The van der Waals surface area contributed by atoms with Crippen molar-refractivity contribution in [2.24, 2.45) is 0 Å². The van der Waals surface area contributed by atoms with E-state index in [2.05, 4.69) is 25.7 Å². The van der Waals surface area contributed by atoms with Gasteiger partial charge in [-0.15, -0.1) is 11.6 Å². The first-order valence-electron chi connectivity index (χ1n) is 7.26. The van der Waals surface area contributed by atoms with E-state index in [1.807, 2.05) is 18.2 Å². The van der Waals surface area contributed by atoms with Crippen LogP contribution in [-0.4, -0.2) is 22.4 Å². The van der Waals surface area contributed by atoms with Crippen LogP contribution in [0.4, 0.5) is 8.78 Å². The molecule has 0 unspecified atom stereocenters. The molecule has 8 heteroatoms. The third kappa shape index (κ3) is 3.67. The molecule has 0 amide bonds. The number of imidazole rings is 1. The lowest BCUT2D eigenvalue weighted by atomic mass is 10.1. The van der Waals surface area contributed by atoms with Crippen molar-refractivity contribution in [1.29, 1.82) is 0 Å². The summed E-state index contributed by atoms with van der Waals surface area (Å²) in [7, 11) is 0. The molecule has 0 radical (unpaired) electrons. The number of carbonyl (C=O) groups is 1. The molecule has 0 aliphatic rings. The molecule has 2 aromatic carbocycles. The Balaban J connectivity index is 2.15. The number of benzene rings is 2. The van der Waals surface area contributed by atoms with Crippen molar-refractivity contribution in [3.8, 4) is 5.75 Å². The molecule has 0 bridgehead atoms. The molecule has 1 heterocycles. The van der Waals surface area contributed by atoms with Crippen LogP contribution >= 0.6 is 27.5 Å². The zero-order valence-electron chi connectivity index (χ0n) is 12.8. The normalized spacial score (nSPS) is 11.2. The van der Waals surface area contributed by atoms with Gasteiger partial charge in [-0.3, -0.25) is 4.79 Å². The van der Waals surface area contributed by atoms with Crippen LogP contribution in [0.3, 0.4) is 0 Å². The molecule has 0 fully saturated rings. The molecule has 0 N–H and O–H groups in total. The lowest BCUT2D eigenvalue weighted by Crippen LogP contribution is -2.11. The van der Waals surface area contributed by atoms with E-state index in [1.54, 1.807) is 10.6 Å². The molecule has 0 spiro atoms. The van der Waals surface area contributed by atoms with Gasteiger partial charge in [-0.05, 0) is 24.3 Å². The maximum absolute atomic E-state index is 12.7. The predicted molar refractivity (Wildman–Crippen MR) is 94.6 cm³/mol. The first-order chi connectivity index (χ1) is 12.0. The van der Waals surface area contributed by atoms with E-state index in [1.165, 1.54) is 12.1 Å². The largest absolute Gasteiger partial charge is 0.434 e. The third-order valence-corrected chi connectivity index (χ3v) is 4.47. The van der Waals surface area contributed by atoms with Crippen LogP contribution in [0, 0.1) is 0 Å². The summed E-state index contributed by atoms with van der Waals surface area (Å²) in [6, 6.07) is 9.99. The summed E-state index contributed by atoms with van der Waals surface area (Å²) in [6.07, 6.45) is 0.614. The maximum atomic E-state index is 12.7. The monoisotopic (exact) mass is 428 g/mol. The molecule has 3 rings (SSSR count). The Bertz CT molecular complexity index is 930. The van der Waals surface area contributed by atoms with Crippen LogP contribution < -0.4 is 4.74 Å². The Labute approximate surface area is 155 Å². The van der Waals surface area contributed by atoms with Crippen molar-refractivity contribution in [3.05, 3.63) is 57.8 Å². The summed E-state index contributed by atoms with van der Waals surface area (Å²) < 4.78 is 32.6. The van der Waals surface area contributed by atoms with Gasteiger partial charge in [-0.25, -0.2) is 4.98 Å². The second-order valence-electron chi connectivity index (χ2n) is 5.20. The van der Waals surface area contributed by atoms with Crippen molar-refractivity contribution >= 4 is 44.9 Å². The van der Waals surface area contributed by atoms with Crippen molar-refractivity contribution in [2.45, 2.75) is 19.0 Å². The van der Waals surface area contributed by atoms with E-state index in [-0.39, 0.29) is 23.7 Å². The quantitative estimate of drug-likeness (QED) is 0.409. The van der Waals surface area contributed by atoms with Gasteiger partial charge in [0.2, 0.25) is 0 Å². The molecule has 0 saturated carbocycles. The second-order valence-corrected chi connectivity index (χ2v) is 6.38. The highest BCUT2D eigenvalue weighted by atomic mass is 79.9. The van der Waals surface area contributed by atoms with Gasteiger partial charge in [-0.1, -0.05) is 28.1 Å². The lowest BCUT2D eigenvalue weighted by Gasteiger charge is -2.15. The van der Waals surface area contributed by atoms with Gasteiger partial charge in [0.15, 0.2) is 6.29 Å². The van der Waals surface area contributed by atoms with Gasteiger partial charge < -0.3 is 9.30 Å². The molecule has 130 valence electrons. The molecule has 0 aliphatic carbocycles. The summed E-state index contributed by atoms with van der Waals surface area (Å²) in [5.41, 5.74) is 2.12. The Hall–Kier alpha value is -1.99. The topological polar surface area (TPSA) is 44.1 Å². The molecule has 0 atom stereocenters. The molecule has 3 aromatic rings. The van der Waals surface area contributed by atoms with Crippen LogP contribution in [0.15, 0.2) is 40.9 Å². The number of aldehydes is 1. The Morgan fingerprint density at radius 1 is 1.32 bits per heavy atom. The minimum Gasteiger partial charge on any atom is -0.434 e. The fraction of sp³-hybridized carbons (Fsp3) is 0.176. The summed E-state index contributed by atoms with van der Waals surface area (Å²) in [6.45, 7) is -2.85. The SMILES string of the molecule is O=Cc1cccc(OC(F)F)c1Cn1c(CCl)nc2ccc(Br)cc21. The van der Waals surface area contributed by atoms with E-state index in [0.29, 0.717) is 17.7 Å². The minimum absolute atomic E-state index is 0.0445. The Kier molecular flexibility index (Phi) is 5.34. The first-order valence-corrected chi connectivity index (χ1v) is 8.58. The smallest absolute Gasteiger partial charge is 0.387 e. The summed E-state index contributed by atoms with van der Waals surface area (Å²) in [5.74, 6) is 0.663. The number of hydrogen-bond donors (Lipinski definition) is 0. The number of aromatic nitrogens is 2. The van der Waals surface area contributed by atoms with E-state index < -0.39 is 6.61 Å². The number of halogens is 4. The number of rotatable bonds is 6. The molecular weight excluding hydrogens is 418 g/mol. The molecule has 1 aromatic heterocycles. The zero-order valence-corrected chi connectivity index (χ0v) is 15.1. The fourth-order valence-corrected chi connectivity index (χ4v) is 3.20. The lowest BCUT2D eigenvalue weighted by molar-refractivity contribution is -0.0505. The first kappa shape index (κ1) is 17.8. The number of carbonyl (C=O) groups excluding carboxylic acids is 1. The molecule has 0 saturated heterocycles. The van der Waals surface area contributed by atoms with Gasteiger partial charge in [0.05, 0.1) is 23.5 Å². The van der Waals surface area contributed by atoms with Crippen LogP contribution in [0.25, 0.3) is 11.0 Å². The second kappa shape index (κ2) is 7.49. The van der Waals surface area contributed by atoms with E-state index in [4.69, 9.17) is 11.6 Å². The van der Waals surface area contributed by atoms with Crippen LogP contribution in [0.1, 0.15) is 21.7 Å². The highest BCUT2D eigenvalue weighted by molar-refractivity contribution is 9.10. The zero-order chi connectivity index (χ0) is 18.0. The number of ether oxygens (including phenoxy) is 1. The minimum atomic E-state index is -2.98. The number of alkyl halides is 3. The number of nitrogens with zero attached hydrogens (tertiary/aromatic N) is 2. The van der Waals surface area contributed by atoms with Crippen molar-refractivity contribution < 1.29 is 18.3 Å². The standard InChI is InChI=1S/C17H12BrClF2N2O2/c18-11-4-5-13-14(6-11)23(16(7-19)22-13)8-12-10(9-24)2-1-3-15(12)25-17(20)21/h1-6,9,17H,7-8H2. The van der Waals surface area contributed by atoms with Gasteiger partial charge in [0.25, 0.3) is 0 Å². The number of fused-ring (bicyclic) bond motifs is 1. The maximum Gasteiger partial charge on any atom is 0.387 e. The number of hydrogen-bond acceptors (Lipinski definition) is 3. The Morgan fingerprint density at radius 2 is 2.12 bits per heavy atom. The highest BCUT2D eigenvalue weighted by Crippen LogP contribution is 2.28. The van der Waals surface area contributed by atoms with E-state index >= 15 is 0 Å². The van der Waals surface area contributed by atoms with Crippen molar-refractivity contribution in [2.75, 3.05) is 0 Å². The van der Waals surface area contributed by atoms with Gasteiger partial charge >= 0.3 is 6.61 Å². The molecule has 25 heavy (non-hydrogen) atoms.